The van der Waals surface area contributed by atoms with Crippen LogP contribution >= 0.6 is 12.4 Å². The molecular weight excluding hydrogens is 289 g/mol. The SMILES string of the molecule is Cl.Fc1cccc(C2CNCCN2Cc2ccccn2)c1. The number of nitrogens with zero attached hydrogens (tertiary/aromatic N) is 2. The summed E-state index contributed by atoms with van der Waals surface area (Å²) < 4.78 is 13.4. The summed E-state index contributed by atoms with van der Waals surface area (Å²) in [5.74, 6) is -0.175. The number of piperazine rings is 1. The van der Waals surface area contributed by atoms with Crippen LogP contribution in [-0.4, -0.2) is 29.5 Å². The second-order valence-corrected chi connectivity index (χ2v) is 5.07. The normalized spacial score (nSPS) is 19.0. The Morgan fingerprint density at radius 3 is 2.90 bits per heavy atom. The highest BCUT2D eigenvalue weighted by Crippen LogP contribution is 2.24. The molecule has 1 unspecified atom stereocenters. The van der Waals surface area contributed by atoms with Crippen LogP contribution in [0.25, 0.3) is 0 Å². The molecule has 0 spiro atoms. The molecule has 1 aromatic heterocycles. The van der Waals surface area contributed by atoms with Crippen LogP contribution < -0.4 is 5.32 Å². The Hall–Kier alpha value is -1.49. The van der Waals surface area contributed by atoms with Crippen molar-refractivity contribution in [2.45, 2.75) is 12.6 Å². The minimum absolute atomic E-state index is 0. The standard InChI is InChI=1S/C16H18FN3.ClH/c17-14-5-3-4-13(10-14)16-11-18-8-9-20(16)12-15-6-1-2-7-19-15;/h1-7,10,16,18H,8-9,11-12H2;1H. The van der Waals surface area contributed by atoms with E-state index in [1.165, 1.54) is 6.07 Å². The molecule has 1 aliphatic rings. The molecule has 5 heteroatoms. The molecule has 1 atom stereocenters. The third-order valence-corrected chi connectivity index (χ3v) is 3.68. The lowest BCUT2D eigenvalue weighted by molar-refractivity contribution is 0.151. The molecule has 1 aliphatic heterocycles. The van der Waals surface area contributed by atoms with Crippen molar-refractivity contribution in [1.29, 1.82) is 0 Å². The van der Waals surface area contributed by atoms with Gasteiger partial charge in [-0.15, -0.1) is 12.4 Å². The van der Waals surface area contributed by atoms with E-state index in [0.717, 1.165) is 37.4 Å². The molecule has 2 heterocycles. The lowest BCUT2D eigenvalue weighted by Crippen LogP contribution is -2.45. The molecule has 21 heavy (non-hydrogen) atoms. The lowest BCUT2D eigenvalue weighted by atomic mass is 10.0. The Kier molecular flexibility index (Phi) is 5.67. The molecule has 2 aromatic rings. The van der Waals surface area contributed by atoms with Gasteiger partial charge < -0.3 is 5.32 Å². The second-order valence-electron chi connectivity index (χ2n) is 5.07. The number of pyridine rings is 1. The van der Waals surface area contributed by atoms with E-state index in [1.54, 1.807) is 12.1 Å². The fourth-order valence-electron chi connectivity index (χ4n) is 2.68. The maximum atomic E-state index is 13.4. The Bertz CT molecular complexity index is 564. The van der Waals surface area contributed by atoms with Gasteiger partial charge in [-0.05, 0) is 29.8 Å². The van der Waals surface area contributed by atoms with Crippen LogP contribution in [0.5, 0.6) is 0 Å². The minimum Gasteiger partial charge on any atom is -0.314 e. The van der Waals surface area contributed by atoms with Gasteiger partial charge >= 0.3 is 0 Å². The maximum absolute atomic E-state index is 13.4. The molecule has 0 amide bonds. The average Bonchev–Trinajstić information content (AvgIpc) is 2.49. The summed E-state index contributed by atoms with van der Waals surface area (Å²) >= 11 is 0. The van der Waals surface area contributed by atoms with Crippen LogP contribution in [0.2, 0.25) is 0 Å². The maximum Gasteiger partial charge on any atom is 0.123 e. The van der Waals surface area contributed by atoms with E-state index < -0.39 is 0 Å². The van der Waals surface area contributed by atoms with Crippen molar-refractivity contribution in [3.05, 3.63) is 65.7 Å². The van der Waals surface area contributed by atoms with Gasteiger partial charge in [-0.25, -0.2) is 4.39 Å². The minimum atomic E-state index is -0.175. The Morgan fingerprint density at radius 2 is 2.14 bits per heavy atom. The molecule has 1 N–H and O–H groups in total. The summed E-state index contributed by atoms with van der Waals surface area (Å²) in [6.07, 6.45) is 1.81. The van der Waals surface area contributed by atoms with Crippen molar-refractivity contribution in [3.63, 3.8) is 0 Å². The topological polar surface area (TPSA) is 28.2 Å². The summed E-state index contributed by atoms with van der Waals surface area (Å²) in [6, 6.07) is 13.0. The number of benzene rings is 1. The molecule has 0 aliphatic carbocycles. The van der Waals surface area contributed by atoms with Gasteiger partial charge in [-0.1, -0.05) is 18.2 Å². The van der Waals surface area contributed by atoms with Gasteiger partial charge in [0.05, 0.1) is 5.69 Å². The number of nitrogens with one attached hydrogen (secondary N) is 1. The summed E-state index contributed by atoms with van der Waals surface area (Å²) in [7, 11) is 0. The lowest BCUT2D eigenvalue weighted by Gasteiger charge is -2.36. The largest absolute Gasteiger partial charge is 0.314 e. The number of halogens is 2. The first-order chi connectivity index (χ1) is 9.83. The van der Waals surface area contributed by atoms with Crippen molar-refractivity contribution < 1.29 is 4.39 Å². The van der Waals surface area contributed by atoms with Crippen LogP contribution in [0.1, 0.15) is 17.3 Å². The summed E-state index contributed by atoms with van der Waals surface area (Å²) in [5.41, 5.74) is 2.07. The molecule has 0 saturated carbocycles. The monoisotopic (exact) mass is 307 g/mol. The van der Waals surface area contributed by atoms with E-state index in [9.17, 15) is 4.39 Å². The van der Waals surface area contributed by atoms with E-state index in [1.807, 2.05) is 30.5 Å². The third kappa shape index (κ3) is 4.00. The van der Waals surface area contributed by atoms with E-state index in [-0.39, 0.29) is 24.3 Å². The third-order valence-electron chi connectivity index (χ3n) is 3.68. The highest BCUT2D eigenvalue weighted by atomic mass is 35.5. The smallest absolute Gasteiger partial charge is 0.123 e. The summed E-state index contributed by atoms with van der Waals surface area (Å²) in [6.45, 7) is 3.54. The zero-order chi connectivity index (χ0) is 13.8. The predicted molar refractivity (Wildman–Crippen MR) is 83.9 cm³/mol. The Morgan fingerprint density at radius 1 is 1.24 bits per heavy atom. The quantitative estimate of drug-likeness (QED) is 0.945. The highest BCUT2D eigenvalue weighted by molar-refractivity contribution is 5.85. The van der Waals surface area contributed by atoms with Gasteiger partial charge in [-0.3, -0.25) is 9.88 Å². The zero-order valence-corrected chi connectivity index (χ0v) is 12.5. The number of hydrogen-bond donors (Lipinski definition) is 1. The number of aromatic nitrogens is 1. The van der Waals surface area contributed by atoms with Crippen LogP contribution in [0.15, 0.2) is 48.7 Å². The summed E-state index contributed by atoms with van der Waals surface area (Å²) in [5, 5.41) is 3.38. The van der Waals surface area contributed by atoms with Gasteiger partial charge in [0.1, 0.15) is 5.82 Å². The van der Waals surface area contributed by atoms with Gasteiger partial charge in [0.15, 0.2) is 0 Å². The Balaban J connectivity index is 0.00000161. The fraction of sp³-hybridized carbons (Fsp3) is 0.312. The van der Waals surface area contributed by atoms with E-state index in [0.29, 0.717) is 0 Å². The van der Waals surface area contributed by atoms with E-state index in [2.05, 4.69) is 15.2 Å². The van der Waals surface area contributed by atoms with Crippen LogP contribution in [0, 0.1) is 5.82 Å². The molecular formula is C16H19ClFN3. The molecule has 112 valence electrons. The molecule has 1 aromatic carbocycles. The van der Waals surface area contributed by atoms with E-state index >= 15 is 0 Å². The molecule has 1 fully saturated rings. The first kappa shape index (κ1) is 15.9. The fourth-order valence-corrected chi connectivity index (χ4v) is 2.68. The van der Waals surface area contributed by atoms with Crippen molar-refractivity contribution in [2.24, 2.45) is 0 Å². The Labute approximate surface area is 130 Å². The van der Waals surface area contributed by atoms with Gasteiger partial charge in [0, 0.05) is 38.4 Å². The highest BCUT2D eigenvalue weighted by Gasteiger charge is 2.24. The van der Waals surface area contributed by atoms with Gasteiger partial charge in [0.25, 0.3) is 0 Å². The van der Waals surface area contributed by atoms with Crippen molar-refractivity contribution in [2.75, 3.05) is 19.6 Å². The molecule has 3 rings (SSSR count). The van der Waals surface area contributed by atoms with Gasteiger partial charge in [-0.2, -0.15) is 0 Å². The van der Waals surface area contributed by atoms with Crippen molar-refractivity contribution in [3.8, 4) is 0 Å². The van der Waals surface area contributed by atoms with Gasteiger partial charge in [0.2, 0.25) is 0 Å². The predicted octanol–water partition coefficient (Wildman–Crippen LogP) is 2.79. The zero-order valence-electron chi connectivity index (χ0n) is 11.7. The molecule has 0 bridgehead atoms. The van der Waals surface area contributed by atoms with Crippen LogP contribution in [-0.2, 0) is 6.54 Å². The van der Waals surface area contributed by atoms with Crippen LogP contribution in [0.4, 0.5) is 4.39 Å². The van der Waals surface area contributed by atoms with Crippen LogP contribution in [0.3, 0.4) is 0 Å². The number of hydrogen-bond acceptors (Lipinski definition) is 3. The van der Waals surface area contributed by atoms with Crippen molar-refractivity contribution >= 4 is 12.4 Å². The molecule has 3 nitrogen and oxygen atoms in total. The first-order valence-electron chi connectivity index (χ1n) is 6.93. The molecule has 1 saturated heterocycles. The van der Waals surface area contributed by atoms with Crippen molar-refractivity contribution in [1.82, 2.24) is 15.2 Å². The second kappa shape index (κ2) is 7.50. The molecule has 0 radical (unpaired) electrons. The van der Waals surface area contributed by atoms with E-state index in [4.69, 9.17) is 0 Å². The first-order valence-corrected chi connectivity index (χ1v) is 6.93. The number of rotatable bonds is 3. The summed E-state index contributed by atoms with van der Waals surface area (Å²) in [4.78, 5) is 6.74. The average molecular weight is 308 g/mol.